The molecule has 1 saturated heterocycles. The van der Waals surface area contributed by atoms with Gasteiger partial charge in [0.15, 0.2) is 0 Å². The van der Waals surface area contributed by atoms with Crippen LogP contribution in [-0.2, 0) is 4.74 Å². The molecule has 1 aromatic rings. The lowest BCUT2D eigenvalue weighted by Gasteiger charge is -2.33. The van der Waals surface area contributed by atoms with Gasteiger partial charge in [-0.25, -0.2) is 0 Å². The van der Waals surface area contributed by atoms with E-state index in [0.29, 0.717) is 6.04 Å². The number of rotatable bonds is 3. The minimum Gasteiger partial charge on any atom is -0.379 e. The van der Waals surface area contributed by atoms with Gasteiger partial charge in [0.25, 0.3) is 0 Å². The maximum atomic E-state index is 5.44. The number of hydrogen-bond acceptors (Lipinski definition) is 3. The quantitative estimate of drug-likeness (QED) is 0.759. The molecule has 1 atom stereocenters. The van der Waals surface area contributed by atoms with Crippen molar-refractivity contribution in [2.24, 2.45) is 0 Å². The highest BCUT2D eigenvalue weighted by Crippen LogP contribution is 2.33. The Morgan fingerprint density at radius 2 is 2.24 bits per heavy atom. The molecule has 0 spiro atoms. The SMILES string of the molecule is C1=CC=CC=1C(c1cccs1)N1CCOCC1. The number of allylic oxidation sites excluding steroid dienone is 1. The molecular formula is C14H15NOS. The van der Waals surface area contributed by atoms with Gasteiger partial charge in [-0.15, -0.1) is 17.1 Å². The van der Waals surface area contributed by atoms with Crippen LogP contribution in [0, 0.1) is 0 Å². The summed E-state index contributed by atoms with van der Waals surface area (Å²) in [5.74, 6) is 0. The summed E-state index contributed by atoms with van der Waals surface area (Å²) >= 11 is 1.82. The normalized spacial score (nSPS) is 21.8. The van der Waals surface area contributed by atoms with Crippen LogP contribution in [0.15, 0.2) is 47.0 Å². The van der Waals surface area contributed by atoms with E-state index in [4.69, 9.17) is 4.74 Å². The summed E-state index contributed by atoms with van der Waals surface area (Å²) in [7, 11) is 0. The van der Waals surface area contributed by atoms with Crippen molar-refractivity contribution in [3.05, 3.63) is 51.9 Å². The van der Waals surface area contributed by atoms with Gasteiger partial charge in [0.1, 0.15) is 0 Å². The van der Waals surface area contributed by atoms with E-state index in [0.717, 1.165) is 26.3 Å². The Labute approximate surface area is 106 Å². The largest absolute Gasteiger partial charge is 0.379 e. The third kappa shape index (κ3) is 2.28. The highest BCUT2D eigenvalue weighted by molar-refractivity contribution is 7.10. The molecule has 1 aliphatic carbocycles. The molecule has 0 saturated carbocycles. The Kier molecular flexibility index (Phi) is 3.25. The van der Waals surface area contributed by atoms with Gasteiger partial charge >= 0.3 is 0 Å². The fourth-order valence-corrected chi connectivity index (χ4v) is 3.20. The van der Waals surface area contributed by atoms with Crippen molar-refractivity contribution in [1.82, 2.24) is 4.90 Å². The lowest BCUT2D eigenvalue weighted by Crippen LogP contribution is -2.39. The van der Waals surface area contributed by atoms with Crippen LogP contribution in [-0.4, -0.2) is 31.2 Å². The molecule has 0 bridgehead atoms. The highest BCUT2D eigenvalue weighted by Gasteiger charge is 2.26. The first-order valence-corrected chi connectivity index (χ1v) is 6.81. The van der Waals surface area contributed by atoms with Crippen molar-refractivity contribution in [2.75, 3.05) is 26.3 Å². The van der Waals surface area contributed by atoms with Gasteiger partial charge in [-0.1, -0.05) is 12.1 Å². The molecule has 3 rings (SSSR count). The molecule has 3 heteroatoms. The van der Waals surface area contributed by atoms with Gasteiger partial charge in [0.2, 0.25) is 0 Å². The van der Waals surface area contributed by atoms with Crippen LogP contribution in [0.2, 0.25) is 0 Å². The summed E-state index contributed by atoms with van der Waals surface area (Å²) in [6.45, 7) is 3.67. The first-order valence-electron chi connectivity index (χ1n) is 5.93. The molecule has 0 N–H and O–H groups in total. The lowest BCUT2D eigenvalue weighted by molar-refractivity contribution is 0.0245. The second-order valence-electron chi connectivity index (χ2n) is 4.19. The average molecular weight is 245 g/mol. The molecular weight excluding hydrogens is 230 g/mol. The molecule has 0 radical (unpaired) electrons. The molecule has 17 heavy (non-hydrogen) atoms. The second-order valence-corrected chi connectivity index (χ2v) is 5.17. The van der Waals surface area contributed by atoms with E-state index in [9.17, 15) is 0 Å². The fourth-order valence-electron chi connectivity index (χ4n) is 2.33. The van der Waals surface area contributed by atoms with Crippen LogP contribution in [0.4, 0.5) is 0 Å². The molecule has 2 nitrogen and oxygen atoms in total. The summed E-state index contributed by atoms with van der Waals surface area (Å²) in [4.78, 5) is 3.88. The molecule has 88 valence electrons. The van der Waals surface area contributed by atoms with E-state index >= 15 is 0 Å². The van der Waals surface area contributed by atoms with Gasteiger partial charge in [0.05, 0.1) is 19.3 Å². The molecule has 1 unspecified atom stereocenters. The predicted molar refractivity (Wildman–Crippen MR) is 70.2 cm³/mol. The van der Waals surface area contributed by atoms with Gasteiger partial charge in [-0.3, -0.25) is 4.90 Å². The van der Waals surface area contributed by atoms with Gasteiger partial charge < -0.3 is 4.74 Å². The monoisotopic (exact) mass is 245 g/mol. The van der Waals surface area contributed by atoms with Gasteiger partial charge in [-0.2, -0.15) is 0 Å². The Hall–Kier alpha value is -1.12. The zero-order valence-corrected chi connectivity index (χ0v) is 10.5. The molecule has 1 aromatic heterocycles. The minimum absolute atomic E-state index is 0.355. The van der Waals surface area contributed by atoms with Crippen molar-refractivity contribution in [3.8, 4) is 0 Å². The van der Waals surface area contributed by atoms with Crippen molar-refractivity contribution in [1.29, 1.82) is 0 Å². The van der Waals surface area contributed by atoms with Crippen molar-refractivity contribution in [2.45, 2.75) is 6.04 Å². The van der Waals surface area contributed by atoms with Crippen LogP contribution in [0.25, 0.3) is 0 Å². The van der Waals surface area contributed by atoms with E-state index in [1.54, 1.807) is 0 Å². The minimum atomic E-state index is 0.355. The predicted octanol–water partition coefficient (Wildman–Crippen LogP) is 2.77. The van der Waals surface area contributed by atoms with Gasteiger partial charge in [0, 0.05) is 23.5 Å². The third-order valence-corrected chi connectivity index (χ3v) is 4.06. The van der Waals surface area contributed by atoms with Crippen LogP contribution in [0.1, 0.15) is 10.9 Å². The Balaban J connectivity index is 1.90. The molecule has 1 fully saturated rings. The molecule has 2 aliphatic rings. The standard InChI is InChI=1S/C14H15NOS/c1-2-5-12(4-1)14(13-6-3-11-17-13)15-7-9-16-10-8-15/h1-4,6,11,14H,7-10H2. The Bertz CT molecular complexity index is 462. The second kappa shape index (κ2) is 5.03. The molecule has 1 aliphatic heterocycles. The highest BCUT2D eigenvalue weighted by atomic mass is 32.1. The molecule has 0 amide bonds. The van der Waals surface area contributed by atoms with Crippen molar-refractivity contribution >= 4 is 11.3 Å². The van der Waals surface area contributed by atoms with E-state index in [1.165, 1.54) is 10.5 Å². The maximum Gasteiger partial charge on any atom is 0.0770 e. The van der Waals surface area contributed by atoms with E-state index in [1.807, 2.05) is 17.4 Å². The first-order chi connectivity index (χ1) is 8.45. The summed E-state index contributed by atoms with van der Waals surface area (Å²) in [5.41, 5.74) is 4.62. The average Bonchev–Trinajstić information content (AvgIpc) is 3.04. The molecule has 2 heterocycles. The van der Waals surface area contributed by atoms with E-state index < -0.39 is 0 Å². The lowest BCUT2D eigenvalue weighted by atomic mass is 10.1. The number of ether oxygens (including phenoxy) is 1. The van der Waals surface area contributed by atoms with Gasteiger partial charge in [-0.05, 0) is 23.6 Å². The van der Waals surface area contributed by atoms with Crippen molar-refractivity contribution < 1.29 is 4.74 Å². The smallest absolute Gasteiger partial charge is 0.0770 e. The third-order valence-electron chi connectivity index (χ3n) is 3.14. The number of thiophene rings is 1. The van der Waals surface area contributed by atoms with Crippen LogP contribution >= 0.6 is 11.3 Å². The Morgan fingerprint density at radius 1 is 1.35 bits per heavy atom. The summed E-state index contributed by atoms with van der Waals surface area (Å²) < 4.78 is 5.44. The summed E-state index contributed by atoms with van der Waals surface area (Å²) in [5, 5.41) is 2.14. The Morgan fingerprint density at radius 3 is 2.88 bits per heavy atom. The van der Waals surface area contributed by atoms with Crippen LogP contribution in [0.3, 0.4) is 0 Å². The topological polar surface area (TPSA) is 12.5 Å². The van der Waals surface area contributed by atoms with Crippen molar-refractivity contribution in [3.63, 3.8) is 0 Å². The number of nitrogens with zero attached hydrogens (tertiary/aromatic N) is 1. The number of morpholine rings is 1. The zero-order valence-electron chi connectivity index (χ0n) is 9.63. The summed E-state index contributed by atoms with van der Waals surface area (Å²) in [6.07, 6.45) is 6.23. The summed E-state index contributed by atoms with van der Waals surface area (Å²) in [6, 6.07) is 4.69. The zero-order chi connectivity index (χ0) is 11.5. The van der Waals surface area contributed by atoms with Crippen LogP contribution < -0.4 is 0 Å². The molecule has 0 aromatic carbocycles. The first kappa shape index (κ1) is 11.0. The van der Waals surface area contributed by atoms with E-state index in [-0.39, 0.29) is 0 Å². The maximum absolute atomic E-state index is 5.44. The number of hydrogen-bond donors (Lipinski definition) is 0. The van der Waals surface area contributed by atoms with Crippen LogP contribution in [0.5, 0.6) is 0 Å². The van der Waals surface area contributed by atoms with E-state index in [2.05, 4.69) is 40.3 Å². The fraction of sp³-hybridized carbons (Fsp3) is 0.357.